The van der Waals surface area contributed by atoms with Crippen LogP contribution in [0.3, 0.4) is 0 Å². The van der Waals surface area contributed by atoms with Crippen molar-refractivity contribution in [2.45, 2.75) is 19.1 Å². The van der Waals surface area contributed by atoms with Gasteiger partial charge in [-0.3, -0.25) is 9.59 Å². The first-order valence-corrected chi connectivity index (χ1v) is 7.96. The van der Waals surface area contributed by atoms with Crippen molar-refractivity contribution in [3.05, 3.63) is 64.4 Å². The highest BCUT2D eigenvalue weighted by Crippen LogP contribution is 2.19. The number of nitrogens with two attached hydrogens (primary N) is 1. The quantitative estimate of drug-likeness (QED) is 0.737. The van der Waals surface area contributed by atoms with Crippen LogP contribution in [0.4, 0.5) is 10.1 Å². The van der Waals surface area contributed by atoms with E-state index in [0.29, 0.717) is 4.47 Å². The monoisotopic (exact) mass is 394 g/mol. The van der Waals surface area contributed by atoms with Crippen LogP contribution in [-0.2, 0) is 20.9 Å². The number of benzene rings is 2. The van der Waals surface area contributed by atoms with Crippen LogP contribution in [0.25, 0.3) is 0 Å². The molecule has 0 aromatic heterocycles. The molecule has 0 saturated heterocycles. The Balaban J connectivity index is 1.83. The van der Waals surface area contributed by atoms with Crippen molar-refractivity contribution in [1.82, 2.24) is 0 Å². The summed E-state index contributed by atoms with van der Waals surface area (Å²) in [6.45, 7) is 0.107. The zero-order valence-electron chi connectivity index (χ0n) is 12.7. The molecule has 2 aromatic carbocycles. The number of rotatable bonds is 6. The number of esters is 1. The van der Waals surface area contributed by atoms with E-state index in [2.05, 4.69) is 21.2 Å². The molecule has 0 spiro atoms. The second-order valence-electron chi connectivity index (χ2n) is 5.07. The molecular formula is C17H16BrFN2O3. The lowest BCUT2D eigenvalue weighted by Gasteiger charge is -2.12. The summed E-state index contributed by atoms with van der Waals surface area (Å²) in [5.41, 5.74) is 6.50. The zero-order valence-corrected chi connectivity index (χ0v) is 14.3. The van der Waals surface area contributed by atoms with Crippen LogP contribution in [-0.4, -0.2) is 17.9 Å². The zero-order chi connectivity index (χ0) is 17.5. The van der Waals surface area contributed by atoms with Crippen molar-refractivity contribution >= 4 is 33.5 Å². The molecule has 0 fully saturated rings. The van der Waals surface area contributed by atoms with Gasteiger partial charge in [-0.2, -0.15) is 0 Å². The number of carbonyl (C=O) groups excluding carboxylic acids is 2. The van der Waals surface area contributed by atoms with Gasteiger partial charge in [-0.05, 0) is 23.8 Å². The average Bonchev–Trinajstić information content (AvgIpc) is 2.56. The van der Waals surface area contributed by atoms with Crippen molar-refractivity contribution < 1.29 is 18.7 Å². The molecule has 0 bridgehead atoms. The van der Waals surface area contributed by atoms with Gasteiger partial charge in [0.05, 0.1) is 18.2 Å². The SMILES string of the molecule is N[C@@H](CC(=O)OCc1ccccc1)C(=O)Nc1ccc(Br)cc1F. The van der Waals surface area contributed by atoms with Crippen molar-refractivity contribution in [1.29, 1.82) is 0 Å². The molecule has 1 atom stereocenters. The van der Waals surface area contributed by atoms with Crippen LogP contribution in [0.15, 0.2) is 53.0 Å². The first-order valence-electron chi connectivity index (χ1n) is 7.17. The van der Waals surface area contributed by atoms with E-state index in [4.69, 9.17) is 10.5 Å². The molecule has 5 nitrogen and oxygen atoms in total. The number of hydrogen-bond donors (Lipinski definition) is 2. The van der Waals surface area contributed by atoms with Crippen molar-refractivity contribution in [2.24, 2.45) is 5.73 Å². The van der Waals surface area contributed by atoms with Crippen molar-refractivity contribution in [3.8, 4) is 0 Å². The summed E-state index contributed by atoms with van der Waals surface area (Å²) in [5.74, 6) is -1.86. The Morgan fingerprint density at radius 2 is 1.92 bits per heavy atom. The maximum atomic E-state index is 13.7. The second kappa shape index (κ2) is 8.56. The maximum absolute atomic E-state index is 13.7. The first-order chi connectivity index (χ1) is 11.5. The molecule has 0 aliphatic carbocycles. The van der Waals surface area contributed by atoms with E-state index in [9.17, 15) is 14.0 Å². The number of amides is 1. The molecule has 3 N–H and O–H groups in total. The molecular weight excluding hydrogens is 379 g/mol. The lowest BCUT2D eigenvalue weighted by molar-refractivity contribution is -0.146. The highest BCUT2D eigenvalue weighted by Gasteiger charge is 2.19. The molecule has 0 unspecified atom stereocenters. The van der Waals surface area contributed by atoms with Crippen LogP contribution in [0.5, 0.6) is 0 Å². The third-order valence-electron chi connectivity index (χ3n) is 3.15. The molecule has 0 saturated carbocycles. The van der Waals surface area contributed by atoms with E-state index in [1.807, 2.05) is 30.3 Å². The Bertz CT molecular complexity index is 725. The van der Waals surface area contributed by atoms with Crippen molar-refractivity contribution in [3.63, 3.8) is 0 Å². The summed E-state index contributed by atoms with van der Waals surface area (Å²) in [5, 5.41) is 2.35. The van der Waals surface area contributed by atoms with E-state index in [-0.39, 0.29) is 18.7 Å². The largest absolute Gasteiger partial charge is 0.461 e. The standard InChI is InChI=1S/C17H16BrFN2O3/c18-12-6-7-15(13(19)8-12)21-17(23)14(20)9-16(22)24-10-11-4-2-1-3-5-11/h1-8,14H,9-10,20H2,(H,21,23)/t14-/m0/s1. The van der Waals surface area contributed by atoms with E-state index in [1.165, 1.54) is 12.1 Å². The van der Waals surface area contributed by atoms with Gasteiger partial charge in [-0.15, -0.1) is 0 Å². The summed E-state index contributed by atoms with van der Waals surface area (Å²) < 4.78 is 19.3. The summed E-state index contributed by atoms with van der Waals surface area (Å²) in [4.78, 5) is 23.7. The fourth-order valence-corrected chi connectivity index (χ4v) is 2.22. The fraction of sp³-hybridized carbons (Fsp3) is 0.176. The minimum Gasteiger partial charge on any atom is -0.461 e. The highest BCUT2D eigenvalue weighted by molar-refractivity contribution is 9.10. The highest BCUT2D eigenvalue weighted by atomic mass is 79.9. The van der Waals surface area contributed by atoms with Gasteiger partial charge in [0.1, 0.15) is 12.4 Å². The Kier molecular flexibility index (Phi) is 6.45. The fourth-order valence-electron chi connectivity index (χ4n) is 1.89. The maximum Gasteiger partial charge on any atom is 0.308 e. The summed E-state index contributed by atoms with van der Waals surface area (Å²) in [6, 6.07) is 12.2. The molecule has 126 valence electrons. The first kappa shape index (κ1) is 18.1. The van der Waals surface area contributed by atoms with Crippen LogP contribution in [0.1, 0.15) is 12.0 Å². The van der Waals surface area contributed by atoms with E-state index >= 15 is 0 Å². The van der Waals surface area contributed by atoms with Crippen LogP contribution in [0, 0.1) is 5.82 Å². The van der Waals surface area contributed by atoms with Crippen molar-refractivity contribution in [2.75, 3.05) is 5.32 Å². The minimum atomic E-state index is -1.13. The van der Waals surface area contributed by atoms with Gasteiger partial charge in [-0.25, -0.2) is 4.39 Å². The number of hydrogen-bond acceptors (Lipinski definition) is 4. The Morgan fingerprint density at radius 1 is 1.21 bits per heavy atom. The number of halogens is 2. The summed E-state index contributed by atoms with van der Waals surface area (Å²) in [7, 11) is 0. The summed E-state index contributed by atoms with van der Waals surface area (Å²) in [6.07, 6.45) is -0.295. The Labute approximate surface area is 147 Å². The Hall–Kier alpha value is -2.25. The van der Waals surface area contributed by atoms with Gasteiger partial charge in [0.2, 0.25) is 5.91 Å². The smallest absolute Gasteiger partial charge is 0.308 e. The molecule has 0 aliphatic heterocycles. The molecule has 0 aliphatic rings. The lowest BCUT2D eigenvalue weighted by Crippen LogP contribution is -2.38. The van der Waals surface area contributed by atoms with E-state index < -0.39 is 23.7 Å². The lowest BCUT2D eigenvalue weighted by atomic mass is 10.2. The molecule has 0 heterocycles. The molecule has 2 rings (SSSR count). The summed E-state index contributed by atoms with van der Waals surface area (Å²) >= 11 is 3.12. The van der Waals surface area contributed by atoms with E-state index in [0.717, 1.165) is 5.56 Å². The Morgan fingerprint density at radius 3 is 2.58 bits per heavy atom. The third-order valence-corrected chi connectivity index (χ3v) is 3.65. The predicted octanol–water partition coefficient (Wildman–Crippen LogP) is 2.99. The molecule has 2 aromatic rings. The molecule has 1 amide bonds. The van der Waals surface area contributed by atoms with Crippen LogP contribution < -0.4 is 11.1 Å². The van der Waals surface area contributed by atoms with Crippen LogP contribution >= 0.6 is 15.9 Å². The van der Waals surface area contributed by atoms with Gasteiger partial charge in [0, 0.05) is 4.47 Å². The second-order valence-corrected chi connectivity index (χ2v) is 5.99. The topological polar surface area (TPSA) is 81.4 Å². The normalized spacial score (nSPS) is 11.6. The minimum absolute atomic E-state index is 0.00342. The molecule has 7 heteroatoms. The van der Waals surface area contributed by atoms with Gasteiger partial charge in [0.15, 0.2) is 0 Å². The van der Waals surface area contributed by atoms with Crippen LogP contribution in [0.2, 0.25) is 0 Å². The van der Waals surface area contributed by atoms with Gasteiger partial charge >= 0.3 is 5.97 Å². The predicted molar refractivity (Wildman–Crippen MR) is 91.6 cm³/mol. The average molecular weight is 395 g/mol. The van der Waals surface area contributed by atoms with Gasteiger partial charge in [0.25, 0.3) is 0 Å². The van der Waals surface area contributed by atoms with Gasteiger partial charge in [-0.1, -0.05) is 46.3 Å². The number of nitrogens with one attached hydrogen (secondary N) is 1. The number of ether oxygens (including phenoxy) is 1. The third kappa shape index (κ3) is 5.43. The van der Waals surface area contributed by atoms with E-state index in [1.54, 1.807) is 6.07 Å². The van der Waals surface area contributed by atoms with Gasteiger partial charge < -0.3 is 15.8 Å². The molecule has 0 radical (unpaired) electrons. The number of carbonyl (C=O) groups is 2. The number of anilines is 1. The molecule has 24 heavy (non-hydrogen) atoms.